The zero-order valence-corrected chi connectivity index (χ0v) is 22.1. The van der Waals surface area contributed by atoms with Crippen LogP contribution in [0.5, 0.6) is 5.75 Å². The number of amides is 1. The summed E-state index contributed by atoms with van der Waals surface area (Å²) in [6.07, 6.45) is 1.02. The van der Waals surface area contributed by atoms with E-state index < -0.39 is 32.0 Å². The van der Waals surface area contributed by atoms with E-state index in [0.717, 1.165) is 16.1 Å². The minimum absolute atomic E-state index is 0.0159. The second-order valence-electron chi connectivity index (χ2n) is 8.15. The van der Waals surface area contributed by atoms with Crippen molar-refractivity contribution in [2.24, 2.45) is 0 Å². The average molecular weight is 532 g/mol. The molecule has 2 N–H and O–H groups in total. The molecule has 0 aliphatic carbocycles. The molecule has 9 nitrogen and oxygen atoms in total. The molecule has 3 aromatic carbocycles. The molecule has 3 rings (SSSR count). The van der Waals surface area contributed by atoms with Gasteiger partial charge in [-0.25, -0.2) is 16.8 Å². The van der Waals surface area contributed by atoms with Crippen LogP contribution < -0.4 is 19.1 Å². The Kier molecular flexibility index (Phi) is 8.26. The highest BCUT2D eigenvalue weighted by atomic mass is 32.2. The number of benzene rings is 3. The zero-order chi connectivity index (χ0) is 26.5. The van der Waals surface area contributed by atoms with Crippen LogP contribution in [0.2, 0.25) is 0 Å². The molecule has 0 saturated carbocycles. The molecular weight excluding hydrogens is 502 g/mol. The Morgan fingerprint density at radius 1 is 0.944 bits per heavy atom. The molecule has 0 aromatic heterocycles. The Balaban J connectivity index is 1.75. The van der Waals surface area contributed by atoms with Gasteiger partial charge in [-0.05, 0) is 87.0 Å². The molecule has 1 atom stereocenters. The summed E-state index contributed by atoms with van der Waals surface area (Å²) in [7, 11) is -7.62. The minimum Gasteiger partial charge on any atom is -0.494 e. The van der Waals surface area contributed by atoms with Gasteiger partial charge in [0.1, 0.15) is 11.8 Å². The molecule has 0 spiro atoms. The quantitative estimate of drug-likeness (QED) is 0.408. The molecule has 11 heteroatoms. The number of hydrogen-bond donors (Lipinski definition) is 2. The van der Waals surface area contributed by atoms with Gasteiger partial charge in [-0.15, -0.1) is 0 Å². The number of sulfonamides is 2. The molecule has 0 aliphatic heterocycles. The van der Waals surface area contributed by atoms with Crippen molar-refractivity contribution >= 4 is 43.0 Å². The summed E-state index contributed by atoms with van der Waals surface area (Å²) in [6, 6.07) is 17.9. The van der Waals surface area contributed by atoms with Crippen LogP contribution in [0.4, 0.5) is 17.1 Å². The van der Waals surface area contributed by atoms with Crippen LogP contribution >= 0.6 is 0 Å². The fourth-order valence-corrected chi connectivity index (χ4v) is 5.78. The Morgan fingerprint density at radius 2 is 1.58 bits per heavy atom. The van der Waals surface area contributed by atoms with Gasteiger partial charge < -0.3 is 10.1 Å². The van der Waals surface area contributed by atoms with E-state index in [2.05, 4.69) is 10.0 Å². The summed E-state index contributed by atoms with van der Waals surface area (Å²) in [6.45, 7) is 5.64. The van der Waals surface area contributed by atoms with E-state index in [0.29, 0.717) is 29.4 Å². The van der Waals surface area contributed by atoms with E-state index in [4.69, 9.17) is 4.74 Å². The van der Waals surface area contributed by atoms with Gasteiger partial charge in [0.25, 0.3) is 10.0 Å². The van der Waals surface area contributed by atoms with E-state index in [1.165, 1.54) is 31.2 Å². The van der Waals surface area contributed by atoms with E-state index in [1.807, 2.05) is 19.9 Å². The van der Waals surface area contributed by atoms with Gasteiger partial charge in [0.2, 0.25) is 15.9 Å². The largest absolute Gasteiger partial charge is 0.494 e. The standard InChI is InChI=1S/C25H29N3O6S2/c1-5-34-23-13-11-22(12-14-23)28(35(4,30)31)19(3)25(29)26-20-9-15-24(16-10-20)36(32,33)27-21-8-6-7-18(2)17-21/h6-17,19,27H,5H2,1-4H3,(H,26,29). The van der Waals surface area contributed by atoms with Crippen molar-refractivity contribution in [3.8, 4) is 5.75 Å². The monoisotopic (exact) mass is 531 g/mol. The van der Waals surface area contributed by atoms with Gasteiger partial charge in [-0.3, -0.25) is 13.8 Å². The number of carbonyl (C=O) groups excluding carboxylic acids is 1. The van der Waals surface area contributed by atoms with Crippen molar-refractivity contribution < 1.29 is 26.4 Å². The lowest BCUT2D eigenvalue weighted by atomic mass is 10.2. The molecule has 0 aliphatic rings. The molecule has 0 bridgehead atoms. The summed E-state index contributed by atoms with van der Waals surface area (Å²) in [5.74, 6) is 0.00142. The van der Waals surface area contributed by atoms with Crippen molar-refractivity contribution in [3.63, 3.8) is 0 Å². The number of carbonyl (C=O) groups is 1. The van der Waals surface area contributed by atoms with Gasteiger partial charge in [0, 0.05) is 11.4 Å². The van der Waals surface area contributed by atoms with E-state index in [9.17, 15) is 21.6 Å². The number of rotatable bonds is 10. The highest BCUT2D eigenvalue weighted by molar-refractivity contribution is 7.92. The summed E-state index contributed by atoms with van der Waals surface area (Å²) < 4.78 is 59.3. The summed E-state index contributed by atoms with van der Waals surface area (Å²) in [5.41, 5.74) is 1.99. The number of aryl methyl sites for hydroxylation is 1. The maximum Gasteiger partial charge on any atom is 0.261 e. The van der Waals surface area contributed by atoms with Gasteiger partial charge in [-0.1, -0.05) is 12.1 Å². The molecule has 0 fully saturated rings. The van der Waals surface area contributed by atoms with Gasteiger partial charge >= 0.3 is 0 Å². The molecule has 192 valence electrons. The minimum atomic E-state index is -3.83. The van der Waals surface area contributed by atoms with Crippen molar-refractivity contribution in [2.45, 2.75) is 31.7 Å². The van der Waals surface area contributed by atoms with E-state index >= 15 is 0 Å². The van der Waals surface area contributed by atoms with Crippen molar-refractivity contribution in [3.05, 3.63) is 78.4 Å². The lowest BCUT2D eigenvalue weighted by Gasteiger charge is -2.28. The van der Waals surface area contributed by atoms with Crippen LogP contribution in [0.3, 0.4) is 0 Å². The van der Waals surface area contributed by atoms with E-state index in [-0.39, 0.29) is 4.90 Å². The number of nitrogens with one attached hydrogen (secondary N) is 2. The predicted molar refractivity (Wildman–Crippen MR) is 141 cm³/mol. The van der Waals surface area contributed by atoms with Crippen LogP contribution in [0.15, 0.2) is 77.7 Å². The molecule has 1 unspecified atom stereocenters. The normalized spacial score (nSPS) is 12.4. The first-order valence-electron chi connectivity index (χ1n) is 11.1. The molecule has 0 heterocycles. The zero-order valence-electron chi connectivity index (χ0n) is 20.4. The SMILES string of the molecule is CCOc1ccc(N(C(C)C(=O)Nc2ccc(S(=O)(=O)Nc3cccc(C)c3)cc2)S(C)(=O)=O)cc1. The van der Waals surface area contributed by atoms with Gasteiger partial charge in [0.05, 0.1) is 23.4 Å². The first-order chi connectivity index (χ1) is 16.9. The third-order valence-electron chi connectivity index (χ3n) is 5.19. The lowest BCUT2D eigenvalue weighted by molar-refractivity contribution is -0.116. The third kappa shape index (κ3) is 6.76. The Hall–Kier alpha value is -3.57. The summed E-state index contributed by atoms with van der Waals surface area (Å²) >= 11 is 0. The molecule has 0 saturated heterocycles. The van der Waals surface area contributed by atoms with Crippen LogP contribution in [-0.2, 0) is 24.8 Å². The number of ether oxygens (including phenoxy) is 1. The maximum absolute atomic E-state index is 12.9. The Bertz CT molecular complexity index is 1420. The molecule has 36 heavy (non-hydrogen) atoms. The fraction of sp³-hybridized carbons (Fsp3) is 0.240. The van der Waals surface area contributed by atoms with Crippen molar-refractivity contribution in [1.82, 2.24) is 0 Å². The molecular formula is C25H29N3O6S2. The molecule has 0 radical (unpaired) electrons. The second-order valence-corrected chi connectivity index (χ2v) is 11.7. The second kappa shape index (κ2) is 11.0. The van der Waals surface area contributed by atoms with Crippen molar-refractivity contribution in [2.75, 3.05) is 27.2 Å². The number of nitrogens with zero attached hydrogens (tertiary/aromatic N) is 1. The lowest BCUT2D eigenvalue weighted by Crippen LogP contribution is -2.45. The van der Waals surface area contributed by atoms with Crippen LogP contribution in [-0.4, -0.2) is 41.6 Å². The summed E-state index contributed by atoms with van der Waals surface area (Å²) in [5, 5.41) is 2.65. The first kappa shape index (κ1) is 27.0. The van der Waals surface area contributed by atoms with Crippen LogP contribution in [0.25, 0.3) is 0 Å². The van der Waals surface area contributed by atoms with E-state index in [1.54, 1.807) is 42.5 Å². The first-order valence-corrected chi connectivity index (χ1v) is 14.5. The predicted octanol–water partition coefficient (Wildman–Crippen LogP) is 3.99. The fourth-order valence-electron chi connectivity index (χ4n) is 3.55. The number of anilines is 3. The highest BCUT2D eigenvalue weighted by Crippen LogP contribution is 2.25. The van der Waals surface area contributed by atoms with Gasteiger partial charge in [0.15, 0.2) is 0 Å². The summed E-state index contributed by atoms with van der Waals surface area (Å²) in [4.78, 5) is 12.9. The van der Waals surface area contributed by atoms with Crippen LogP contribution in [0.1, 0.15) is 19.4 Å². The molecule has 3 aromatic rings. The third-order valence-corrected chi connectivity index (χ3v) is 7.83. The van der Waals surface area contributed by atoms with Crippen LogP contribution in [0, 0.1) is 6.92 Å². The van der Waals surface area contributed by atoms with Crippen molar-refractivity contribution in [1.29, 1.82) is 0 Å². The number of hydrogen-bond acceptors (Lipinski definition) is 6. The molecule has 1 amide bonds. The smallest absolute Gasteiger partial charge is 0.261 e. The Labute approximate surface area is 212 Å². The highest BCUT2D eigenvalue weighted by Gasteiger charge is 2.29. The van der Waals surface area contributed by atoms with Gasteiger partial charge in [-0.2, -0.15) is 0 Å². The topological polar surface area (TPSA) is 122 Å². The Morgan fingerprint density at radius 3 is 2.14 bits per heavy atom. The average Bonchev–Trinajstić information content (AvgIpc) is 2.79. The maximum atomic E-state index is 12.9.